The Bertz CT molecular complexity index is 1130. The molecule has 2 aromatic rings. The molecule has 2 N–H and O–H groups in total. The third-order valence-electron chi connectivity index (χ3n) is 5.70. The Morgan fingerprint density at radius 1 is 1.24 bits per heavy atom. The van der Waals surface area contributed by atoms with E-state index in [1.807, 2.05) is 19.1 Å². The van der Waals surface area contributed by atoms with E-state index in [4.69, 9.17) is 4.98 Å². The van der Waals surface area contributed by atoms with Crippen molar-refractivity contribution in [1.29, 1.82) is 0 Å². The predicted octanol–water partition coefficient (Wildman–Crippen LogP) is 2.33. The van der Waals surface area contributed by atoms with E-state index in [1.54, 1.807) is 6.20 Å². The summed E-state index contributed by atoms with van der Waals surface area (Å²) in [7, 11) is -0.586. The van der Waals surface area contributed by atoms with E-state index < -0.39 is 10.0 Å². The van der Waals surface area contributed by atoms with E-state index in [1.165, 1.54) is 18.4 Å². The fourth-order valence-corrected chi connectivity index (χ4v) is 5.29. The molecule has 0 spiro atoms. The predicted molar refractivity (Wildman–Crippen MR) is 114 cm³/mol. The first-order valence-electron chi connectivity index (χ1n) is 9.74. The number of hydrazone groups is 1. The van der Waals surface area contributed by atoms with Crippen molar-refractivity contribution >= 4 is 21.1 Å². The van der Waals surface area contributed by atoms with Gasteiger partial charge < -0.3 is 5.43 Å². The molecule has 0 saturated heterocycles. The molecule has 9 heteroatoms. The first-order chi connectivity index (χ1) is 13.8. The molecule has 2 aromatic heterocycles. The van der Waals surface area contributed by atoms with Crippen LogP contribution in [0.1, 0.15) is 47.3 Å². The normalized spacial score (nSPS) is 20.4. The van der Waals surface area contributed by atoms with Crippen molar-refractivity contribution in [3.8, 4) is 11.3 Å². The van der Waals surface area contributed by atoms with Crippen LogP contribution in [0.5, 0.6) is 0 Å². The van der Waals surface area contributed by atoms with E-state index >= 15 is 0 Å². The number of nitrogens with one attached hydrogen (secondary N) is 2. The maximum Gasteiger partial charge on any atom is 0.258 e. The molecule has 8 nitrogen and oxygen atoms in total. The molecule has 0 aromatic carbocycles. The van der Waals surface area contributed by atoms with Crippen molar-refractivity contribution in [3.05, 3.63) is 40.4 Å². The number of hydrogen-bond donors (Lipinski definition) is 2. The monoisotopic (exact) mass is 414 g/mol. The zero-order chi connectivity index (χ0) is 20.9. The van der Waals surface area contributed by atoms with Crippen LogP contribution in [-0.2, 0) is 16.4 Å². The summed E-state index contributed by atoms with van der Waals surface area (Å²) in [6.07, 6.45) is 7.54. The highest BCUT2D eigenvalue weighted by atomic mass is 32.2. The van der Waals surface area contributed by atoms with Gasteiger partial charge in [0.25, 0.3) is 10.0 Å². The van der Waals surface area contributed by atoms with Gasteiger partial charge in [-0.25, -0.2) is 17.7 Å². The van der Waals surface area contributed by atoms with Crippen molar-refractivity contribution in [2.45, 2.75) is 45.6 Å². The summed E-state index contributed by atoms with van der Waals surface area (Å²) in [4.78, 5) is 4.98. The van der Waals surface area contributed by atoms with Crippen molar-refractivity contribution < 1.29 is 8.42 Å². The van der Waals surface area contributed by atoms with Gasteiger partial charge in [0.05, 0.1) is 29.5 Å². The lowest BCUT2D eigenvalue weighted by Crippen LogP contribution is -2.37. The molecular weight excluding hydrogens is 388 g/mol. The van der Waals surface area contributed by atoms with E-state index in [0.29, 0.717) is 0 Å². The van der Waals surface area contributed by atoms with Crippen molar-refractivity contribution in [1.82, 2.24) is 24.9 Å². The second-order valence-corrected chi connectivity index (χ2v) is 9.85. The molecule has 0 bridgehead atoms. The summed E-state index contributed by atoms with van der Waals surface area (Å²) in [5, 5.41) is 11.5. The molecule has 3 heterocycles. The van der Waals surface area contributed by atoms with Crippen molar-refractivity contribution in [3.63, 3.8) is 0 Å². The van der Waals surface area contributed by atoms with Crippen LogP contribution in [-0.4, -0.2) is 53.1 Å². The van der Waals surface area contributed by atoms with Crippen LogP contribution >= 0.6 is 0 Å². The van der Waals surface area contributed by atoms with Gasteiger partial charge in [0, 0.05) is 25.4 Å². The molecule has 0 fully saturated rings. The van der Waals surface area contributed by atoms with Crippen LogP contribution in [0.15, 0.2) is 17.4 Å². The SMILES string of the molecule is CCCc1c(-c2cn[nH]c2C)nc2c(c1C)C1C(S(=O)(=O)N(C)C)=NNC1C=C2. The summed E-state index contributed by atoms with van der Waals surface area (Å²) in [6.45, 7) is 6.18. The van der Waals surface area contributed by atoms with E-state index in [-0.39, 0.29) is 17.0 Å². The number of pyridine rings is 1. The van der Waals surface area contributed by atoms with Gasteiger partial charge in [-0.1, -0.05) is 19.4 Å². The Hall–Kier alpha value is -2.52. The molecule has 29 heavy (non-hydrogen) atoms. The van der Waals surface area contributed by atoms with Gasteiger partial charge in [0.15, 0.2) is 5.04 Å². The molecular formula is C20H26N6O2S. The number of hydrogen-bond acceptors (Lipinski definition) is 6. The molecule has 0 amide bonds. The molecule has 0 radical (unpaired) electrons. The number of aromatic amines is 1. The minimum Gasteiger partial charge on any atom is -0.301 e. The summed E-state index contributed by atoms with van der Waals surface area (Å²) < 4.78 is 27.0. The molecule has 2 aliphatic rings. The highest BCUT2D eigenvalue weighted by Gasteiger charge is 2.44. The molecule has 2 unspecified atom stereocenters. The smallest absolute Gasteiger partial charge is 0.258 e. The number of nitrogens with zero attached hydrogens (tertiary/aromatic N) is 4. The Kier molecular flexibility index (Phi) is 4.82. The zero-order valence-electron chi connectivity index (χ0n) is 17.3. The van der Waals surface area contributed by atoms with Gasteiger partial charge in [-0.05, 0) is 43.0 Å². The average Bonchev–Trinajstić information content (AvgIpc) is 3.29. The molecule has 0 saturated carbocycles. The summed E-state index contributed by atoms with van der Waals surface area (Å²) in [6, 6.07) is -0.191. The van der Waals surface area contributed by atoms with Crippen LogP contribution in [0.25, 0.3) is 17.3 Å². The van der Waals surface area contributed by atoms with Crippen LogP contribution in [0.4, 0.5) is 0 Å². The minimum atomic E-state index is -3.65. The van der Waals surface area contributed by atoms with Gasteiger partial charge in [0.1, 0.15) is 0 Å². The number of sulfonamides is 1. The standard InChI is InChI=1S/C20H26N6O2S/c1-6-7-13-11(2)17-15(22-19(13)14-10-21-23-12(14)3)8-9-16-18(17)20(25-24-16)29(27,28)26(4)5/h8-10,16,18,24H,6-7H2,1-5H3,(H,21,23). The highest BCUT2D eigenvalue weighted by molar-refractivity contribution is 8.04. The first kappa shape index (κ1) is 19.8. The van der Waals surface area contributed by atoms with Gasteiger partial charge in [-0.2, -0.15) is 10.2 Å². The van der Waals surface area contributed by atoms with E-state index in [0.717, 1.165) is 52.2 Å². The van der Waals surface area contributed by atoms with Crippen LogP contribution < -0.4 is 5.43 Å². The molecule has 2 atom stereocenters. The maximum absolute atomic E-state index is 12.9. The summed E-state index contributed by atoms with van der Waals surface area (Å²) in [5.41, 5.74) is 9.81. The summed E-state index contributed by atoms with van der Waals surface area (Å²) in [5.74, 6) is -0.384. The second-order valence-electron chi connectivity index (χ2n) is 7.75. The van der Waals surface area contributed by atoms with Gasteiger partial charge >= 0.3 is 0 Å². The fourth-order valence-electron chi connectivity index (χ4n) is 4.16. The molecule has 154 valence electrons. The van der Waals surface area contributed by atoms with Crippen LogP contribution in [0.3, 0.4) is 0 Å². The van der Waals surface area contributed by atoms with E-state index in [9.17, 15) is 8.42 Å². The van der Waals surface area contributed by atoms with Crippen molar-refractivity contribution in [2.24, 2.45) is 5.10 Å². The number of fused-ring (bicyclic) bond motifs is 3. The van der Waals surface area contributed by atoms with Crippen molar-refractivity contribution in [2.75, 3.05) is 14.1 Å². The minimum absolute atomic E-state index is 0.151. The Morgan fingerprint density at radius 3 is 2.62 bits per heavy atom. The topological polar surface area (TPSA) is 103 Å². The fraction of sp³-hybridized carbons (Fsp3) is 0.450. The number of rotatable bonds is 4. The zero-order valence-corrected chi connectivity index (χ0v) is 18.1. The lowest BCUT2D eigenvalue weighted by Gasteiger charge is -2.28. The third kappa shape index (κ3) is 3.00. The number of H-pyrrole nitrogens is 1. The Balaban J connectivity index is 1.95. The summed E-state index contributed by atoms with van der Waals surface area (Å²) >= 11 is 0. The van der Waals surface area contributed by atoms with Gasteiger partial charge in [0.2, 0.25) is 0 Å². The Labute approximate surface area is 171 Å². The van der Waals surface area contributed by atoms with Gasteiger partial charge in [-0.15, -0.1) is 0 Å². The van der Waals surface area contributed by atoms with Crippen LogP contribution in [0.2, 0.25) is 0 Å². The lowest BCUT2D eigenvalue weighted by molar-refractivity contribution is 0.533. The quantitative estimate of drug-likeness (QED) is 0.799. The van der Waals surface area contributed by atoms with Crippen LogP contribution in [0, 0.1) is 13.8 Å². The third-order valence-corrected chi connectivity index (χ3v) is 7.54. The number of aromatic nitrogens is 3. The highest BCUT2D eigenvalue weighted by Crippen LogP contribution is 2.41. The first-order valence-corrected chi connectivity index (χ1v) is 11.2. The largest absolute Gasteiger partial charge is 0.301 e. The maximum atomic E-state index is 12.9. The molecule has 1 aliphatic carbocycles. The molecule has 1 aliphatic heterocycles. The van der Waals surface area contributed by atoms with Gasteiger partial charge in [-0.3, -0.25) is 5.10 Å². The Morgan fingerprint density at radius 2 is 2.00 bits per heavy atom. The van der Waals surface area contributed by atoms with E-state index in [2.05, 4.69) is 34.6 Å². The second kappa shape index (κ2) is 7.07. The molecule has 4 rings (SSSR count). The number of aryl methyl sites for hydroxylation is 1. The lowest BCUT2D eigenvalue weighted by atomic mass is 9.81. The average molecular weight is 415 g/mol.